The highest BCUT2D eigenvalue weighted by molar-refractivity contribution is 9.10. The predicted molar refractivity (Wildman–Crippen MR) is 78.2 cm³/mol. The summed E-state index contributed by atoms with van der Waals surface area (Å²) in [5.41, 5.74) is 0.958. The molecule has 1 N–H and O–H groups in total. The highest BCUT2D eigenvalue weighted by atomic mass is 79.9. The molecule has 0 saturated carbocycles. The van der Waals surface area contributed by atoms with E-state index in [1.807, 2.05) is 0 Å². The lowest BCUT2D eigenvalue weighted by Gasteiger charge is -2.08. The van der Waals surface area contributed by atoms with Gasteiger partial charge < -0.3 is 5.32 Å². The molecule has 0 aliphatic rings. The maximum atomic E-state index is 13.8. The van der Waals surface area contributed by atoms with Crippen LogP contribution in [0.4, 0.5) is 10.1 Å². The molecule has 0 fully saturated rings. The molecule has 0 aromatic heterocycles. The second-order valence-electron chi connectivity index (χ2n) is 4.02. The van der Waals surface area contributed by atoms with Crippen LogP contribution in [0.3, 0.4) is 0 Å². The molecule has 0 atom stereocenters. The number of nitrogens with one attached hydrogen (secondary N) is 1. The fourth-order valence-electron chi connectivity index (χ4n) is 1.60. The zero-order valence-electron chi connectivity index (χ0n) is 10.0. The van der Waals surface area contributed by atoms with E-state index in [0.29, 0.717) is 16.3 Å². The number of carbonyl (C=O) groups is 1. The van der Waals surface area contributed by atoms with E-state index in [0.717, 1.165) is 4.47 Å². The average Bonchev–Trinajstić information content (AvgIpc) is 2.37. The van der Waals surface area contributed by atoms with Crippen molar-refractivity contribution in [3.63, 3.8) is 0 Å². The molecule has 2 nitrogen and oxygen atoms in total. The van der Waals surface area contributed by atoms with Gasteiger partial charge in [0.1, 0.15) is 5.82 Å². The van der Waals surface area contributed by atoms with Crippen molar-refractivity contribution in [2.45, 2.75) is 6.92 Å². The Hall–Kier alpha value is -1.39. The minimum atomic E-state index is -0.511. The molecular formula is C14H10BrClFNO. The van der Waals surface area contributed by atoms with E-state index in [9.17, 15) is 9.18 Å². The fourth-order valence-corrected chi connectivity index (χ4v) is 2.02. The molecule has 0 heterocycles. The second kappa shape index (κ2) is 5.72. The smallest absolute Gasteiger partial charge is 0.258 e. The van der Waals surface area contributed by atoms with Gasteiger partial charge in [0.25, 0.3) is 5.91 Å². The number of anilines is 1. The zero-order valence-corrected chi connectivity index (χ0v) is 12.3. The van der Waals surface area contributed by atoms with Crippen molar-refractivity contribution < 1.29 is 9.18 Å². The Labute approximate surface area is 123 Å². The molecule has 0 aliphatic heterocycles. The number of halogens is 3. The first-order valence-corrected chi connectivity index (χ1v) is 6.67. The molecule has 0 aliphatic carbocycles. The maximum absolute atomic E-state index is 13.8. The number of amides is 1. The normalized spacial score (nSPS) is 10.3. The van der Waals surface area contributed by atoms with Gasteiger partial charge in [0.05, 0.1) is 10.6 Å². The Morgan fingerprint density at radius 3 is 2.74 bits per heavy atom. The molecule has 2 rings (SSSR count). The predicted octanol–water partition coefficient (Wildman–Crippen LogP) is 4.80. The van der Waals surface area contributed by atoms with Gasteiger partial charge in [0.15, 0.2) is 0 Å². The van der Waals surface area contributed by atoms with E-state index in [2.05, 4.69) is 21.2 Å². The standard InChI is InChI=1S/C14H10BrClFNO/c1-8-3-2-4-10(13(8)17)14(19)18-9-5-6-11(15)12(16)7-9/h2-7H,1H3,(H,18,19). The highest BCUT2D eigenvalue weighted by Crippen LogP contribution is 2.26. The Bertz CT molecular complexity index is 645. The molecule has 1 amide bonds. The third-order valence-corrected chi connectivity index (χ3v) is 3.85. The van der Waals surface area contributed by atoms with Gasteiger partial charge in [0, 0.05) is 10.2 Å². The number of rotatable bonds is 2. The average molecular weight is 343 g/mol. The van der Waals surface area contributed by atoms with Crippen molar-refractivity contribution in [3.05, 3.63) is 62.8 Å². The number of benzene rings is 2. The van der Waals surface area contributed by atoms with Crippen molar-refractivity contribution in [2.24, 2.45) is 0 Å². The molecule has 5 heteroatoms. The molecule has 19 heavy (non-hydrogen) atoms. The van der Waals surface area contributed by atoms with Crippen molar-refractivity contribution in [1.82, 2.24) is 0 Å². The van der Waals surface area contributed by atoms with Gasteiger partial charge in [-0.25, -0.2) is 4.39 Å². The van der Waals surface area contributed by atoms with Crippen LogP contribution in [0, 0.1) is 12.7 Å². The summed E-state index contributed by atoms with van der Waals surface area (Å²) in [7, 11) is 0. The first kappa shape index (κ1) is 14.0. The van der Waals surface area contributed by atoms with Crippen LogP contribution < -0.4 is 5.32 Å². The Morgan fingerprint density at radius 1 is 1.32 bits per heavy atom. The summed E-state index contributed by atoms with van der Waals surface area (Å²) in [6.45, 7) is 1.61. The van der Waals surface area contributed by atoms with Crippen LogP contribution in [-0.4, -0.2) is 5.91 Å². The zero-order chi connectivity index (χ0) is 14.0. The summed E-state index contributed by atoms with van der Waals surface area (Å²) in [5.74, 6) is -1.01. The van der Waals surface area contributed by atoms with Crippen LogP contribution >= 0.6 is 27.5 Å². The summed E-state index contributed by atoms with van der Waals surface area (Å²) in [4.78, 5) is 12.0. The third kappa shape index (κ3) is 3.14. The van der Waals surface area contributed by atoms with Crippen LogP contribution in [-0.2, 0) is 0 Å². The monoisotopic (exact) mass is 341 g/mol. The largest absolute Gasteiger partial charge is 0.322 e. The topological polar surface area (TPSA) is 29.1 Å². The van der Waals surface area contributed by atoms with Crippen molar-refractivity contribution in [3.8, 4) is 0 Å². The summed E-state index contributed by atoms with van der Waals surface area (Å²) in [6, 6.07) is 9.69. The van der Waals surface area contributed by atoms with Gasteiger partial charge in [-0.05, 0) is 52.7 Å². The number of hydrogen-bond acceptors (Lipinski definition) is 1. The van der Waals surface area contributed by atoms with Gasteiger partial charge >= 0.3 is 0 Å². The fraction of sp³-hybridized carbons (Fsp3) is 0.0714. The summed E-state index contributed by atoms with van der Waals surface area (Å²) in [5, 5.41) is 3.08. The minimum Gasteiger partial charge on any atom is -0.322 e. The van der Waals surface area contributed by atoms with Gasteiger partial charge in [-0.2, -0.15) is 0 Å². The van der Waals surface area contributed by atoms with Gasteiger partial charge in [-0.3, -0.25) is 4.79 Å². The van der Waals surface area contributed by atoms with Crippen LogP contribution in [0.5, 0.6) is 0 Å². The SMILES string of the molecule is Cc1cccc(C(=O)Nc2ccc(Br)c(Cl)c2)c1F. The van der Waals surface area contributed by atoms with Gasteiger partial charge in [-0.1, -0.05) is 23.7 Å². The Morgan fingerprint density at radius 2 is 2.05 bits per heavy atom. The molecule has 0 bridgehead atoms. The lowest BCUT2D eigenvalue weighted by Crippen LogP contribution is -2.14. The van der Waals surface area contributed by atoms with Crippen LogP contribution in [0.1, 0.15) is 15.9 Å². The molecule has 0 saturated heterocycles. The third-order valence-electron chi connectivity index (χ3n) is 2.61. The Balaban J connectivity index is 2.26. The molecule has 0 radical (unpaired) electrons. The first-order chi connectivity index (χ1) is 8.99. The quantitative estimate of drug-likeness (QED) is 0.834. The molecule has 0 spiro atoms. The van der Waals surface area contributed by atoms with Crippen molar-refractivity contribution in [2.75, 3.05) is 5.32 Å². The summed E-state index contributed by atoms with van der Waals surface area (Å²) in [6.07, 6.45) is 0. The molecule has 2 aromatic rings. The summed E-state index contributed by atoms with van der Waals surface area (Å²) < 4.78 is 14.5. The van der Waals surface area contributed by atoms with Crippen molar-refractivity contribution in [1.29, 1.82) is 0 Å². The van der Waals surface area contributed by atoms with E-state index >= 15 is 0 Å². The van der Waals surface area contributed by atoms with E-state index in [1.54, 1.807) is 37.3 Å². The maximum Gasteiger partial charge on any atom is 0.258 e. The van der Waals surface area contributed by atoms with E-state index < -0.39 is 11.7 Å². The van der Waals surface area contributed by atoms with Gasteiger partial charge in [-0.15, -0.1) is 0 Å². The van der Waals surface area contributed by atoms with Crippen LogP contribution in [0.15, 0.2) is 40.9 Å². The van der Waals surface area contributed by atoms with Crippen molar-refractivity contribution >= 4 is 39.1 Å². The van der Waals surface area contributed by atoms with E-state index in [-0.39, 0.29) is 5.56 Å². The number of hydrogen-bond donors (Lipinski definition) is 1. The molecular weight excluding hydrogens is 333 g/mol. The minimum absolute atomic E-state index is 0.0130. The molecule has 2 aromatic carbocycles. The lowest BCUT2D eigenvalue weighted by molar-refractivity contribution is 0.102. The number of carbonyl (C=O) groups excluding carboxylic acids is 1. The lowest BCUT2D eigenvalue weighted by atomic mass is 10.1. The van der Waals surface area contributed by atoms with E-state index in [1.165, 1.54) is 6.07 Å². The molecule has 0 unspecified atom stereocenters. The number of aryl methyl sites for hydroxylation is 1. The second-order valence-corrected chi connectivity index (χ2v) is 5.28. The van der Waals surface area contributed by atoms with Gasteiger partial charge in [0.2, 0.25) is 0 Å². The first-order valence-electron chi connectivity index (χ1n) is 5.50. The van der Waals surface area contributed by atoms with E-state index in [4.69, 9.17) is 11.6 Å². The molecule has 98 valence electrons. The van der Waals surface area contributed by atoms with Crippen LogP contribution in [0.2, 0.25) is 5.02 Å². The van der Waals surface area contributed by atoms with Crippen LogP contribution in [0.25, 0.3) is 0 Å². The highest BCUT2D eigenvalue weighted by Gasteiger charge is 2.13. The Kier molecular flexibility index (Phi) is 4.22. The summed E-state index contributed by atoms with van der Waals surface area (Å²) >= 11 is 9.18.